The Kier molecular flexibility index (Phi) is 10.6. The second kappa shape index (κ2) is 10.4. The van der Waals surface area contributed by atoms with Crippen LogP contribution in [-0.2, 0) is 9.05 Å². The molecule has 0 radical (unpaired) electrons. The molecule has 1 N–H and O–H groups in total. The standard InChI is InChI=1S/C9H21O3P/c1-3-5-7-9-12-13(10)11-8-6-4-2/h10H,3-9H2,1-2H3. The summed E-state index contributed by atoms with van der Waals surface area (Å²) in [5, 5.41) is 0. The Balaban J connectivity index is 3.05. The Bertz CT molecular complexity index is 101. The normalized spacial score (nSPS) is 13.2. The fraction of sp³-hybridized carbons (Fsp3) is 1.00. The van der Waals surface area contributed by atoms with Gasteiger partial charge in [-0.25, -0.2) is 0 Å². The molecule has 0 aromatic rings. The molecule has 80 valence electrons. The molecule has 0 saturated carbocycles. The van der Waals surface area contributed by atoms with E-state index in [1.54, 1.807) is 0 Å². The van der Waals surface area contributed by atoms with E-state index in [2.05, 4.69) is 13.8 Å². The van der Waals surface area contributed by atoms with E-state index >= 15 is 0 Å². The molecule has 0 saturated heterocycles. The average Bonchev–Trinajstić information content (AvgIpc) is 2.13. The van der Waals surface area contributed by atoms with E-state index in [1.807, 2.05) is 0 Å². The maximum atomic E-state index is 9.20. The fourth-order valence-corrected chi connectivity index (χ4v) is 1.46. The largest absolute Gasteiger partial charge is 0.329 e. The second-order valence-corrected chi connectivity index (χ2v) is 3.96. The van der Waals surface area contributed by atoms with Crippen molar-refractivity contribution in [1.82, 2.24) is 0 Å². The van der Waals surface area contributed by atoms with Crippen molar-refractivity contribution in [2.45, 2.75) is 46.0 Å². The van der Waals surface area contributed by atoms with Crippen LogP contribution in [0.15, 0.2) is 0 Å². The zero-order valence-electron chi connectivity index (χ0n) is 8.66. The Morgan fingerprint density at radius 3 is 2.00 bits per heavy atom. The summed E-state index contributed by atoms with van der Waals surface area (Å²) in [7, 11) is -1.61. The van der Waals surface area contributed by atoms with Gasteiger partial charge in [-0.1, -0.05) is 33.1 Å². The Morgan fingerprint density at radius 1 is 0.923 bits per heavy atom. The molecule has 0 aliphatic carbocycles. The van der Waals surface area contributed by atoms with Gasteiger partial charge in [0.25, 0.3) is 0 Å². The topological polar surface area (TPSA) is 38.7 Å². The van der Waals surface area contributed by atoms with Crippen LogP contribution >= 0.6 is 8.60 Å². The van der Waals surface area contributed by atoms with Crippen LogP contribution in [-0.4, -0.2) is 18.1 Å². The number of unbranched alkanes of at least 4 members (excludes halogenated alkanes) is 3. The van der Waals surface area contributed by atoms with Crippen LogP contribution in [0.1, 0.15) is 46.0 Å². The maximum absolute atomic E-state index is 9.20. The van der Waals surface area contributed by atoms with E-state index in [1.165, 1.54) is 6.42 Å². The highest BCUT2D eigenvalue weighted by Crippen LogP contribution is 2.32. The smallest absolute Gasteiger partial charge is 0.328 e. The molecule has 0 fully saturated rings. The van der Waals surface area contributed by atoms with Gasteiger partial charge in [0.15, 0.2) is 0 Å². The summed E-state index contributed by atoms with van der Waals surface area (Å²) in [6.07, 6.45) is 5.39. The van der Waals surface area contributed by atoms with E-state index in [0.29, 0.717) is 13.2 Å². The number of rotatable bonds is 9. The summed E-state index contributed by atoms with van der Waals surface area (Å²) in [6.45, 7) is 5.44. The first-order chi connectivity index (χ1) is 6.31. The molecule has 13 heavy (non-hydrogen) atoms. The Labute approximate surface area is 82.4 Å². The third-order valence-electron chi connectivity index (χ3n) is 1.65. The number of hydrogen-bond donors (Lipinski definition) is 1. The summed E-state index contributed by atoms with van der Waals surface area (Å²) in [6, 6.07) is 0. The van der Waals surface area contributed by atoms with Gasteiger partial charge >= 0.3 is 8.60 Å². The first kappa shape index (κ1) is 13.3. The van der Waals surface area contributed by atoms with Crippen LogP contribution in [0.25, 0.3) is 0 Å². The van der Waals surface area contributed by atoms with E-state index < -0.39 is 8.60 Å². The minimum atomic E-state index is -1.61. The highest BCUT2D eigenvalue weighted by Gasteiger charge is 2.04. The zero-order chi connectivity index (χ0) is 9.94. The van der Waals surface area contributed by atoms with Gasteiger partial charge in [-0.05, 0) is 12.8 Å². The van der Waals surface area contributed by atoms with Crippen LogP contribution in [0.2, 0.25) is 0 Å². The minimum absolute atomic E-state index is 0.604. The molecule has 0 amide bonds. The highest BCUT2D eigenvalue weighted by atomic mass is 31.2. The molecule has 0 aliphatic heterocycles. The monoisotopic (exact) mass is 208 g/mol. The van der Waals surface area contributed by atoms with E-state index in [0.717, 1.165) is 25.7 Å². The van der Waals surface area contributed by atoms with Gasteiger partial charge < -0.3 is 13.9 Å². The lowest BCUT2D eigenvalue weighted by Gasteiger charge is -2.09. The van der Waals surface area contributed by atoms with Crippen LogP contribution < -0.4 is 0 Å². The molecule has 0 aromatic heterocycles. The SMILES string of the molecule is CCCCCOP(O)OCCCC. The van der Waals surface area contributed by atoms with Gasteiger partial charge in [0.2, 0.25) is 0 Å². The van der Waals surface area contributed by atoms with Crippen molar-refractivity contribution in [2.24, 2.45) is 0 Å². The molecule has 0 rings (SSSR count). The zero-order valence-corrected chi connectivity index (χ0v) is 9.56. The van der Waals surface area contributed by atoms with Gasteiger partial charge in [-0.2, -0.15) is 0 Å². The van der Waals surface area contributed by atoms with Gasteiger partial charge in [0.1, 0.15) is 0 Å². The molecule has 0 aromatic carbocycles. The summed E-state index contributed by atoms with van der Waals surface area (Å²) in [5.74, 6) is 0. The molecule has 3 nitrogen and oxygen atoms in total. The minimum Gasteiger partial charge on any atom is -0.328 e. The molecular weight excluding hydrogens is 187 g/mol. The van der Waals surface area contributed by atoms with Crippen LogP contribution in [0.3, 0.4) is 0 Å². The van der Waals surface area contributed by atoms with Crippen molar-refractivity contribution in [3.8, 4) is 0 Å². The molecule has 0 aliphatic rings. The molecule has 0 bridgehead atoms. The van der Waals surface area contributed by atoms with Crippen LogP contribution in [0.5, 0.6) is 0 Å². The van der Waals surface area contributed by atoms with Crippen LogP contribution in [0.4, 0.5) is 0 Å². The summed E-state index contributed by atoms with van der Waals surface area (Å²) >= 11 is 0. The average molecular weight is 208 g/mol. The van der Waals surface area contributed by atoms with Crippen molar-refractivity contribution >= 4 is 8.60 Å². The lowest BCUT2D eigenvalue weighted by molar-refractivity contribution is 0.195. The van der Waals surface area contributed by atoms with Gasteiger partial charge in [0, 0.05) is 0 Å². The highest BCUT2D eigenvalue weighted by molar-refractivity contribution is 7.40. The first-order valence-electron chi connectivity index (χ1n) is 5.06. The van der Waals surface area contributed by atoms with E-state index in [-0.39, 0.29) is 0 Å². The maximum Gasteiger partial charge on any atom is 0.329 e. The van der Waals surface area contributed by atoms with Gasteiger partial charge in [-0.3, -0.25) is 0 Å². The van der Waals surface area contributed by atoms with Crippen molar-refractivity contribution in [3.63, 3.8) is 0 Å². The van der Waals surface area contributed by atoms with E-state index in [9.17, 15) is 4.89 Å². The quantitative estimate of drug-likeness (QED) is 0.467. The first-order valence-corrected chi connectivity index (χ1v) is 6.19. The van der Waals surface area contributed by atoms with Crippen molar-refractivity contribution in [3.05, 3.63) is 0 Å². The van der Waals surface area contributed by atoms with Crippen molar-refractivity contribution in [2.75, 3.05) is 13.2 Å². The lowest BCUT2D eigenvalue weighted by Crippen LogP contribution is -1.94. The molecule has 0 heterocycles. The number of hydrogen-bond acceptors (Lipinski definition) is 3. The third-order valence-corrected chi connectivity index (χ3v) is 2.46. The third kappa shape index (κ3) is 10.2. The van der Waals surface area contributed by atoms with Gasteiger partial charge in [-0.15, -0.1) is 0 Å². The molecule has 1 atom stereocenters. The molecule has 0 spiro atoms. The summed E-state index contributed by atoms with van der Waals surface area (Å²) < 4.78 is 10.1. The predicted octanol–water partition coefficient (Wildman–Crippen LogP) is 3.23. The fourth-order valence-electron chi connectivity index (χ4n) is 0.819. The van der Waals surface area contributed by atoms with Gasteiger partial charge in [0.05, 0.1) is 13.2 Å². The molecular formula is C9H21O3P. The second-order valence-electron chi connectivity index (χ2n) is 2.96. The Morgan fingerprint density at radius 2 is 1.46 bits per heavy atom. The predicted molar refractivity (Wildman–Crippen MR) is 55.5 cm³/mol. The molecule has 1 unspecified atom stereocenters. The summed E-state index contributed by atoms with van der Waals surface area (Å²) in [5.41, 5.74) is 0. The lowest BCUT2D eigenvalue weighted by atomic mass is 10.3. The van der Waals surface area contributed by atoms with E-state index in [4.69, 9.17) is 9.05 Å². The Hall–Kier alpha value is 0.310. The molecule has 4 heteroatoms. The van der Waals surface area contributed by atoms with Crippen molar-refractivity contribution < 1.29 is 13.9 Å². The van der Waals surface area contributed by atoms with Crippen molar-refractivity contribution in [1.29, 1.82) is 0 Å². The van der Waals surface area contributed by atoms with Crippen LogP contribution in [0, 0.1) is 0 Å². The summed E-state index contributed by atoms with van der Waals surface area (Å²) in [4.78, 5) is 9.20.